The molecule has 0 rings (SSSR count). The molecule has 0 saturated carbocycles. The molecule has 0 bridgehead atoms. The molecule has 19 heteroatoms. The van der Waals surface area contributed by atoms with Crippen LogP contribution in [0.5, 0.6) is 0 Å². The second-order valence-electron chi connectivity index (χ2n) is 29.2. The largest absolute Gasteiger partial charge is 0.472 e. The number of phosphoric acid groups is 2. The van der Waals surface area contributed by atoms with Crippen molar-refractivity contribution in [3.63, 3.8) is 0 Å². The van der Waals surface area contributed by atoms with Crippen molar-refractivity contribution in [2.24, 2.45) is 11.8 Å². The molecule has 3 N–H and O–H groups in total. The molecular formula is C79H154O17P2. The van der Waals surface area contributed by atoms with Crippen LogP contribution in [-0.2, 0) is 65.4 Å². The van der Waals surface area contributed by atoms with Crippen LogP contribution >= 0.6 is 15.6 Å². The quantitative estimate of drug-likeness (QED) is 0.0222. The molecule has 0 radical (unpaired) electrons. The summed E-state index contributed by atoms with van der Waals surface area (Å²) in [6.07, 6.45) is 59.7. The van der Waals surface area contributed by atoms with Crippen LogP contribution in [0.3, 0.4) is 0 Å². The van der Waals surface area contributed by atoms with E-state index in [-0.39, 0.29) is 25.7 Å². The first-order valence-electron chi connectivity index (χ1n) is 41.0. The van der Waals surface area contributed by atoms with Crippen molar-refractivity contribution in [3.05, 3.63) is 0 Å². The van der Waals surface area contributed by atoms with E-state index in [1.807, 2.05) is 0 Å². The van der Waals surface area contributed by atoms with E-state index in [9.17, 15) is 43.2 Å². The van der Waals surface area contributed by atoms with Gasteiger partial charge < -0.3 is 33.8 Å². The number of carbonyl (C=O) groups excluding carboxylic acids is 4. The number of carbonyl (C=O) groups is 4. The number of hydrogen-bond donors (Lipinski definition) is 3. The van der Waals surface area contributed by atoms with Crippen molar-refractivity contribution in [1.82, 2.24) is 0 Å². The Morgan fingerprint density at radius 1 is 0.296 bits per heavy atom. The number of hydrogen-bond acceptors (Lipinski definition) is 15. The van der Waals surface area contributed by atoms with Crippen molar-refractivity contribution in [2.45, 2.75) is 432 Å². The highest BCUT2D eigenvalue weighted by Gasteiger charge is 2.30. The van der Waals surface area contributed by atoms with Crippen LogP contribution in [0.15, 0.2) is 0 Å². The van der Waals surface area contributed by atoms with Gasteiger partial charge in [0.15, 0.2) is 12.2 Å². The summed E-state index contributed by atoms with van der Waals surface area (Å²) >= 11 is 0. The molecule has 98 heavy (non-hydrogen) atoms. The van der Waals surface area contributed by atoms with Gasteiger partial charge in [-0.15, -0.1) is 0 Å². The normalized spacial score (nSPS) is 14.2. The van der Waals surface area contributed by atoms with Gasteiger partial charge in [-0.25, -0.2) is 9.13 Å². The minimum Gasteiger partial charge on any atom is -0.462 e. The number of phosphoric ester groups is 2. The van der Waals surface area contributed by atoms with E-state index in [2.05, 4.69) is 41.5 Å². The lowest BCUT2D eigenvalue weighted by molar-refractivity contribution is -0.161. The lowest BCUT2D eigenvalue weighted by Crippen LogP contribution is -2.30. The molecule has 0 spiro atoms. The molecule has 0 aliphatic heterocycles. The molecule has 0 aromatic carbocycles. The maximum atomic E-state index is 13.1. The van der Waals surface area contributed by atoms with E-state index in [1.54, 1.807) is 0 Å². The highest BCUT2D eigenvalue weighted by atomic mass is 31.2. The summed E-state index contributed by atoms with van der Waals surface area (Å²) in [4.78, 5) is 72.8. The summed E-state index contributed by atoms with van der Waals surface area (Å²) in [6.45, 7) is 9.64. The average molecular weight is 1440 g/mol. The zero-order valence-electron chi connectivity index (χ0n) is 64.1. The summed E-state index contributed by atoms with van der Waals surface area (Å²) in [5.74, 6) is -0.512. The van der Waals surface area contributed by atoms with Crippen LogP contribution in [0.25, 0.3) is 0 Å². The molecule has 0 saturated heterocycles. The van der Waals surface area contributed by atoms with Gasteiger partial charge in [-0.05, 0) is 37.5 Å². The van der Waals surface area contributed by atoms with Gasteiger partial charge in [-0.1, -0.05) is 363 Å². The molecule has 0 fully saturated rings. The number of unbranched alkanes of at least 4 members (excludes halogenated alkanes) is 47. The monoisotopic (exact) mass is 1440 g/mol. The molecule has 6 atom stereocenters. The van der Waals surface area contributed by atoms with Gasteiger partial charge in [0, 0.05) is 25.7 Å². The zero-order valence-corrected chi connectivity index (χ0v) is 65.9. The Hall–Kier alpha value is -1.94. The second-order valence-corrected chi connectivity index (χ2v) is 32.1. The number of ether oxygens (including phenoxy) is 4. The Balaban J connectivity index is 5.20. The predicted molar refractivity (Wildman–Crippen MR) is 400 cm³/mol. The molecule has 3 unspecified atom stereocenters. The molecule has 0 amide bonds. The summed E-state index contributed by atoms with van der Waals surface area (Å²) in [5, 5.41) is 10.6. The summed E-state index contributed by atoms with van der Waals surface area (Å²) in [6, 6.07) is 0. The van der Waals surface area contributed by atoms with Gasteiger partial charge in [0.2, 0.25) is 0 Å². The van der Waals surface area contributed by atoms with Crippen molar-refractivity contribution in [2.75, 3.05) is 39.6 Å². The maximum Gasteiger partial charge on any atom is 0.472 e. The second kappa shape index (κ2) is 70.7. The summed E-state index contributed by atoms with van der Waals surface area (Å²) in [7, 11) is -9.91. The van der Waals surface area contributed by atoms with Crippen molar-refractivity contribution >= 4 is 39.5 Å². The van der Waals surface area contributed by atoms with Crippen LogP contribution < -0.4 is 0 Å². The predicted octanol–water partition coefficient (Wildman–Crippen LogP) is 23.5. The van der Waals surface area contributed by atoms with Crippen molar-refractivity contribution in [1.29, 1.82) is 0 Å². The van der Waals surface area contributed by atoms with Crippen LogP contribution in [0.1, 0.15) is 414 Å². The fourth-order valence-corrected chi connectivity index (χ4v) is 13.7. The van der Waals surface area contributed by atoms with E-state index in [0.29, 0.717) is 25.7 Å². The maximum absolute atomic E-state index is 13.1. The first kappa shape index (κ1) is 96.1. The molecular weight excluding hydrogens is 1280 g/mol. The van der Waals surface area contributed by atoms with Crippen molar-refractivity contribution in [3.8, 4) is 0 Å². The van der Waals surface area contributed by atoms with Crippen LogP contribution in [0, 0.1) is 11.8 Å². The molecule has 0 heterocycles. The molecule has 0 aromatic heterocycles. The van der Waals surface area contributed by atoms with E-state index < -0.39 is 97.5 Å². The number of esters is 4. The summed E-state index contributed by atoms with van der Waals surface area (Å²) in [5.41, 5.74) is 0. The van der Waals surface area contributed by atoms with Gasteiger partial charge in [0.1, 0.15) is 19.3 Å². The number of aliphatic hydroxyl groups is 1. The molecule has 17 nitrogen and oxygen atoms in total. The minimum atomic E-state index is -4.96. The summed E-state index contributed by atoms with van der Waals surface area (Å²) < 4.78 is 68.6. The average Bonchev–Trinajstić information content (AvgIpc) is 1.18. The van der Waals surface area contributed by atoms with E-state index in [1.165, 1.54) is 225 Å². The smallest absolute Gasteiger partial charge is 0.462 e. The fraction of sp³-hybridized carbons (Fsp3) is 0.949. The standard InChI is InChI=1S/C79H154O17P2/c1-7-10-12-14-16-18-19-20-21-22-23-24-25-30-33-39-45-51-57-63-78(83)96-75(68-90-77(82)62-56-50-44-38-32-29-27-26-28-31-37-42-48-54-60-72(6)9-3)70-94-98(87,88)92-66-73(80)65-91-97(85,86)93-69-74(67-89-76(81)61-55-49-43-17-15-13-11-8-2)95-79(84)64-58-52-46-40-35-34-36-41-47-53-59-71(4)5/h71-75,80H,7-70H2,1-6H3,(H,85,86)(H,87,88)/t72?,73-,74+,75+/m0/s1. The van der Waals surface area contributed by atoms with E-state index >= 15 is 0 Å². The van der Waals surface area contributed by atoms with Gasteiger partial charge in [0.25, 0.3) is 0 Å². The first-order chi connectivity index (χ1) is 47.4. The topological polar surface area (TPSA) is 237 Å². The third kappa shape index (κ3) is 71.1. The Labute approximate surface area is 600 Å². The van der Waals surface area contributed by atoms with Crippen molar-refractivity contribution < 1.29 is 80.2 Å². The van der Waals surface area contributed by atoms with Gasteiger partial charge in [0.05, 0.1) is 26.4 Å². The highest BCUT2D eigenvalue weighted by molar-refractivity contribution is 7.47. The minimum absolute atomic E-state index is 0.106. The Kier molecular flexibility index (Phi) is 69.3. The number of aliphatic hydroxyl groups excluding tert-OH is 1. The zero-order chi connectivity index (χ0) is 72.1. The third-order valence-electron chi connectivity index (χ3n) is 18.8. The van der Waals surface area contributed by atoms with Gasteiger partial charge in [-0.3, -0.25) is 37.3 Å². The molecule has 582 valence electrons. The molecule has 0 aliphatic carbocycles. The molecule has 0 aromatic rings. The van der Waals surface area contributed by atoms with Gasteiger partial charge in [-0.2, -0.15) is 0 Å². The van der Waals surface area contributed by atoms with Crippen LogP contribution in [0.2, 0.25) is 0 Å². The Morgan fingerprint density at radius 3 is 0.776 bits per heavy atom. The van der Waals surface area contributed by atoms with Gasteiger partial charge >= 0.3 is 39.5 Å². The lowest BCUT2D eigenvalue weighted by atomic mass is 9.99. The SMILES string of the molecule is CCCCCCCCCCCCCCCCCCCCCC(=O)O[C@H](COC(=O)CCCCCCCCCCCCCCCCC(C)CC)COP(=O)(O)OC[C@@H](O)COP(=O)(O)OC[C@@H](COC(=O)CCCCCCCCCC)OC(=O)CCCCCCCCCCCCC(C)C. The van der Waals surface area contributed by atoms with E-state index in [0.717, 1.165) is 108 Å². The van der Waals surface area contributed by atoms with Crippen LogP contribution in [0.4, 0.5) is 0 Å². The fourth-order valence-electron chi connectivity index (χ4n) is 12.2. The number of rotatable bonds is 78. The molecule has 0 aliphatic rings. The third-order valence-corrected chi connectivity index (χ3v) is 20.7. The highest BCUT2D eigenvalue weighted by Crippen LogP contribution is 2.45. The van der Waals surface area contributed by atoms with E-state index in [4.69, 9.17) is 37.0 Å². The van der Waals surface area contributed by atoms with Crippen LogP contribution in [-0.4, -0.2) is 96.7 Å². The lowest BCUT2D eigenvalue weighted by Gasteiger charge is -2.21. The first-order valence-corrected chi connectivity index (χ1v) is 44.0. The Bertz CT molecular complexity index is 1890. The Morgan fingerprint density at radius 2 is 0.520 bits per heavy atom.